The molecule has 0 saturated carbocycles. The van der Waals surface area contributed by atoms with Crippen molar-refractivity contribution in [2.45, 2.75) is 4.90 Å². The molecule has 21 heavy (non-hydrogen) atoms. The molecule has 0 radical (unpaired) electrons. The van der Waals surface area contributed by atoms with Gasteiger partial charge in [-0.05, 0) is 18.2 Å². The van der Waals surface area contributed by atoms with E-state index in [2.05, 4.69) is 9.71 Å². The Morgan fingerprint density at radius 1 is 1.38 bits per heavy atom. The smallest absolute Gasteiger partial charge is 0.263 e. The average molecular weight is 328 g/mol. The van der Waals surface area contributed by atoms with E-state index in [1.807, 2.05) is 0 Å². The zero-order chi connectivity index (χ0) is 15.9. The Kier molecular flexibility index (Phi) is 6.12. The predicted octanol–water partition coefficient (Wildman–Crippen LogP) is 1.23. The molecular weight excluding hydrogens is 312 g/mol. The quantitative estimate of drug-likeness (QED) is 0.649. The van der Waals surface area contributed by atoms with Crippen LogP contribution in [-0.2, 0) is 14.8 Å². The van der Waals surface area contributed by atoms with Crippen LogP contribution >= 0.6 is 11.3 Å². The van der Waals surface area contributed by atoms with E-state index in [0.29, 0.717) is 10.8 Å². The van der Waals surface area contributed by atoms with Crippen molar-refractivity contribution in [3.63, 3.8) is 0 Å². The molecule has 2 rings (SSSR count). The first-order valence-electron chi connectivity index (χ1n) is 5.74. The first-order valence-corrected chi connectivity index (χ1v) is 8.11. The van der Waals surface area contributed by atoms with Crippen LogP contribution < -0.4 is 10.5 Å². The Morgan fingerprint density at radius 2 is 2.05 bits per heavy atom. The second-order valence-corrected chi connectivity index (χ2v) is 6.66. The molecule has 0 atom stereocenters. The molecule has 3 N–H and O–H groups in total. The summed E-state index contributed by atoms with van der Waals surface area (Å²) in [5, 5.41) is 2.03. The molecule has 1 heterocycles. The number of benzene rings is 1. The lowest BCUT2D eigenvalue weighted by atomic mass is 10.3. The maximum atomic E-state index is 11.9. The number of carbonyl (C=O) groups excluding carboxylic acids is 1. The van der Waals surface area contributed by atoms with Crippen molar-refractivity contribution in [2.75, 3.05) is 24.6 Å². The first-order chi connectivity index (χ1) is 9.85. The Labute approximate surface area is 127 Å². The van der Waals surface area contributed by atoms with Crippen molar-refractivity contribution in [1.29, 1.82) is 0 Å². The Morgan fingerprint density at radius 3 is 2.52 bits per heavy atom. The van der Waals surface area contributed by atoms with Crippen LogP contribution in [0.15, 0.2) is 40.7 Å². The lowest BCUT2D eigenvalue weighted by molar-refractivity contribution is -0.115. The van der Waals surface area contributed by atoms with Gasteiger partial charge < -0.3 is 10.6 Å². The number of aromatic nitrogens is 1. The normalized spacial score (nSPS) is 10.2. The van der Waals surface area contributed by atoms with E-state index < -0.39 is 10.0 Å². The van der Waals surface area contributed by atoms with E-state index in [1.165, 1.54) is 34.6 Å². The summed E-state index contributed by atoms with van der Waals surface area (Å²) < 4.78 is 26.1. The maximum absolute atomic E-state index is 11.9. The fourth-order valence-corrected chi connectivity index (χ4v) is 2.97. The lowest BCUT2D eigenvalue weighted by Crippen LogP contribution is -2.12. The van der Waals surface area contributed by atoms with Gasteiger partial charge in [0.2, 0.25) is 6.41 Å². The molecule has 0 aliphatic rings. The lowest BCUT2D eigenvalue weighted by Gasteiger charge is -2.05. The Balaban J connectivity index is 0.000000383. The van der Waals surface area contributed by atoms with Crippen molar-refractivity contribution in [3.8, 4) is 0 Å². The number of amides is 1. The molecule has 0 spiro atoms. The van der Waals surface area contributed by atoms with Gasteiger partial charge in [0, 0.05) is 31.4 Å². The minimum Gasteiger partial charge on any atom is -0.399 e. The van der Waals surface area contributed by atoms with E-state index in [4.69, 9.17) is 5.73 Å². The number of nitrogens with two attached hydrogens (primary N) is 1. The molecule has 0 bridgehead atoms. The molecule has 0 saturated heterocycles. The van der Waals surface area contributed by atoms with Gasteiger partial charge in [-0.25, -0.2) is 13.4 Å². The number of carbonyl (C=O) groups is 1. The minimum absolute atomic E-state index is 0.128. The molecule has 0 aliphatic carbocycles. The third kappa shape index (κ3) is 5.79. The van der Waals surface area contributed by atoms with Crippen LogP contribution in [-0.4, -0.2) is 38.8 Å². The van der Waals surface area contributed by atoms with E-state index in [1.54, 1.807) is 31.6 Å². The van der Waals surface area contributed by atoms with E-state index in [0.717, 1.165) is 6.41 Å². The molecule has 0 unspecified atom stereocenters. The topological polar surface area (TPSA) is 105 Å². The summed E-state index contributed by atoms with van der Waals surface area (Å²) in [4.78, 5) is 14.8. The molecule has 0 aliphatic heterocycles. The number of nitrogens with one attached hydrogen (secondary N) is 1. The molecule has 114 valence electrons. The number of hydrogen-bond acceptors (Lipinski definition) is 6. The highest BCUT2D eigenvalue weighted by Gasteiger charge is 2.15. The number of rotatable bonds is 4. The minimum atomic E-state index is -3.59. The van der Waals surface area contributed by atoms with Crippen LogP contribution in [0.25, 0.3) is 0 Å². The first kappa shape index (κ1) is 16.9. The fourth-order valence-electron chi connectivity index (χ4n) is 1.13. The Bertz CT molecular complexity index is 670. The van der Waals surface area contributed by atoms with Gasteiger partial charge in [0.1, 0.15) is 0 Å². The summed E-state index contributed by atoms with van der Waals surface area (Å²) in [6, 6.07) is 6.09. The fraction of sp³-hybridized carbons (Fsp3) is 0.167. The zero-order valence-electron chi connectivity index (χ0n) is 11.6. The van der Waals surface area contributed by atoms with E-state index in [-0.39, 0.29) is 4.90 Å². The summed E-state index contributed by atoms with van der Waals surface area (Å²) >= 11 is 1.22. The van der Waals surface area contributed by atoms with E-state index in [9.17, 15) is 13.2 Å². The second-order valence-electron chi connectivity index (χ2n) is 4.08. The number of thiazole rings is 1. The van der Waals surface area contributed by atoms with Crippen molar-refractivity contribution >= 4 is 38.6 Å². The SMILES string of the molecule is CN(C)C=O.Nc1cccc(S(=O)(=O)Nc2nccs2)c1. The molecule has 9 heteroatoms. The van der Waals surface area contributed by atoms with Gasteiger partial charge in [-0.1, -0.05) is 6.07 Å². The number of nitrogen functional groups attached to an aromatic ring is 1. The summed E-state index contributed by atoms with van der Waals surface area (Å²) in [5.41, 5.74) is 5.93. The second kappa shape index (κ2) is 7.60. The van der Waals surface area contributed by atoms with Crippen LogP contribution in [0.5, 0.6) is 0 Å². The summed E-state index contributed by atoms with van der Waals surface area (Å²) in [7, 11) is -0.213. The van der Waals surface area contributed by atoms with Crippen molar-refractivity contribution in [1.82, 2.24) is 9.88 Å². The summed E-state index contributed by atoms with van der Waals surface area (Å²) in [6.07, 6.45) is 2.28. The van der Waals surface area contributed by atoms with Gasteiger partial charge in [0.05, 0.1) is 4.90 Å². The molecular formula is C12H16N4O3S2. The largest absolute Gasteiger partial charge is 0.399 e. The molecule has 7 nitrogen and oxygen atoms in total. The number of anilines is 2. The highest BCUT2D eigenvalue weighted by molar-refractivity contribution is 7.93. The van der Waals surface area contributed by atoms with E-state index >= 15 is 0 Å². The highest BCUT2D eigenvalue weighted by Crippen LogP contribution is 2.18. The molecule has 1 aromatic heterocycles. The van der Waals surface area contributed by atoms with Crippen molar-refractivity contribution in [2.24, 2.45) is 0 Å². The van der Waals surface area contributed by atoms with Gasteiger partial charge in [0.15, 0.2) is 5.13 Å². The molecule has 2 aromatic rings. The third-order valence-electron chi connectivity index (χ3n) is 2.03. The van der Waals surface area contributed by atoms with Gasteiger partial charge in [-0.2, -0.15) is 0 Å². The maximum Gasteiger partial charge on any atom is 0.263 e. The van der Waals surface area contributed by atoms with Gasteiger partial charge >= 0.3 is 0 Å². The monoisotopic (exact) mass is 328 g/mol. The zero-order valence-corrected chi connectivity index (χ0v) is 13.2. The van der Waals surface area contributed by atoms with Gasteiger partial charge in [-0.3, -0.25) is 9.52 Å². The number of nitrogens with zero attached hydrogens (tertiary/aromatic N) is 2. The van der Waals surface area contributed by atoms with Crippen LogP contribution in [0, 0.1) is 0 Å². The van der Waals surface area contributed by atoms with Gasteiger partial charge in [-0.15, -0.1) is 11.3 Å². The highest BCUT2D eigenvalue weighted by atomic mass is 32.2. The number of sulfonamides is 1. The average Bonchev–Trinajstić information content (AvgIpc) is 2.91. The van der Waals surface area contributed by atoms with Gasteiger partial charge in [0.25, 0.3) is 10.0 Å². The van der Waals surface area contributed by atoms with Crippen LogP contribution in [0.3, 0.4) is 0 Å². The van der Waals surface area contributed by atoms with Crippen LogP contribution in [0.2, 0.25) is 0 Å². The van der Waals surface area contributed by atoms with Crippen LogP contribution in [0.1, 0.15) is 0 Å². The standard InChI is InChI=1S/C9H9N3O2S2.C3H7NO/c10-7-2-1-3-8(6-7)16(13,14)12-9-11-4-5-15-9;1-4(2)3-5/h1-6H,10H2,(H,11,12);3H,1-2H3. The number of hydrogen-bond donors (Lipinski definition) is 2. The van der Waals surface area contributed by atoms with Crippen molar-refractivity contribution in [3.05, 3.63) is 35.8 Å². The van der Waals surface area contributed by atoms with Crippen molar-refractivity contribution < 1.29 is 13.2 Å². The third-order valence-corrected chi connectivity index (χ3v) is 4.19. The summed E-state index contributed by atoms with van der Waals surface area (Å²) in [6.45, 7) is 0. The molecule has 1 amide bonds. The summed E-state index contributed by atoms with van der Waals surface area (Å²) in [5.74, 6) is 0. The molecule has 0 fully saturated rings. The Hall–Kier alpha value is -2.13. The molecule has 1 aromatic carbocycles. The predicted molar refractivity (Wildman–Crippen MR) is 83.5 cm³/mol. The van der Waals surface area contributed by atoms with Crippen LogP contribution in [0.4, 0.5) is 10.8 Å².